The minimum absolute atomic E-state index is 0. The Hall–Kier alpha value is -0.0900. The number of hydrogen-bond donors (Lipinski definition) is 1. The van der Waals surface area contributed by atoms with Crippen LogP contribution in [-0.2, 0) is 16.8 Å². The molecular formula is C9H14ClNOS. The summed E-state index contributed by atoms with van der Waals surface area (Å²) in [6.45, 7) is 3.44. The first-order valence-electron chi connectivity index (χ1n) is 4.17. The molecule has 1 aromatic rings. The van der Waals surface area contributed by atoms with Gasteiger partial charge in [-0.3, -0.25) is 0 Å². The van der Waals surface area contributed by atoms with E-state index in [-0.39, 0.29) is 18.0 Å². The van der Waals surface area contributed by atoms with E-state index in [4.69, 9.17) is 10.5 Å². The predicted molar refractivity (Wildman–Crippen MR) is 57.6 cm³/mol. The number of ether oxygens (including phenoxy) is 1. The minimum atomic E-state index is -0.229. The molecule has 0 aromatic carbocycles. The molecule has 1 aliphatic heterocycles. The molecular weight excluding hydrogens is 206 g/mol. The lowest BCUT2D eigenvalue weighted by molar-refractivity contribution is -0.0378. The molecule has 0 spiro atoms. The Labute approximate surface area is 88.5 Å². The van der Waals surface area contributed by atoms with E-state index in [9.17, 15) is 0 Å². The summed E-state index contributed by atoms with van der Waals surface area (Å²) in [4.78, 5) is 1.44. The number of halogens is 1. The van der Waals surface area contributed by atoms with E-state index in [1.165, 1.54) is 10.4 Å². The SMILES string of the molecule is CC1(CN)OCCc2sccc21.Cl. The first-order valence-corrected chi connectivity index (χ1v) is 5.05. The molecule has 0 bridgehead atoms. The summed E-state index contributed by atoms with van der Waals surface area (Å²) in [6, 6.07) is 2.13. The van der Waals surface area contributed by atoms with E-state index in [1.54, 1.807) is 0 Å². The van der Waals surface area contributed by atoms with Crippen LogP contribution in [0.15, 0.2) is 11.4 Å². The zero-order valence-corrected chi connectivity index (χ0v) is 9.21. The molecule has 2 N–H and O–H groups in total. The first kappa shape index (κ1) is 11.0. The van der Waals surface area contributed by atoms with Crippen molar-refractivity contribution in [2.24, 2.45) is 5.73 Å². The average Bonchev–Trinajstić information content (AvgIpc) is 2.54. The molecule has 1 atom stereocenters. The van der Waals surface area contributed by atoms with Crippen LogP contribution in [0.5, 0.6) is 0 Å². The van der Waals surface area contributed by atoms with Gasteiger partial charge in [-0.1, -0.05) is 0 Å². The van der Waals surface area contributed by atoms with Crippen molar-refractivity contribution in [2.45, 2.75) is 18.9 Å². The molecule has 4 heteroatoms. The van der Waals surface area contributed by atoms with Crippen molar-refractivity contribution in [3.05, 3.63) is 21.9 Å². The number of hydrogen-bond acceptors (Lipinski definition) is 3. The fourth-order valence-electron chi connectivity index (χ4n) is 1.62. The summed E-state index contributed by atoms with van der Waals surface area (Å²) < 4.78 is 5.68. The van der Waals surface area contributed by atoms with Gasteiger partial charge in [-0.05, 0) is 23.9 Å². The molecule has 0 aliphatic carbocycles. The van der Waals surface area contributed by atoms with Crippen LogP contribution in [-0.4, -0.2) is 13.2 Å². The fraction of sp³-hybridized carbons (Fsp3) is 0.556. The Kier molecular flexibility index (Phi) is 3.35. The van der Waals surface area contributed by atoms with Crippen LogP contribution in [0.2, 0.25) is 0 Å². The number of rotatable bonds is 1. The lowest BCUT2D eigenvalue weighted by Gasteiger charge is -2.32. The van der Waals surface area contributed by atoms with Crippen LogP contribution >= 0.6 is 23.7 Å². The van der Waals surface area contributed by atoms with E-state index in [0.29, 0.717) is 6.54 Å². The van der Waals surface area contributed by atoms with E-state index in [2.05, 4.69) is 18.4 Å². The summed E-state index contributed by atoms with van der Waals surface area (Å²) in [5, 5.41) is 2.12. The highest BCUT2D eigenvalue weighted by molar-refractivity contribution is 7.10. The van der Waals surface area contributed by atoms with Crippen molar-refractivity contribution >= 4 is 23.7 Å². The fourth-order valence-corrected chi connectivity index (χ4v) is 2.60. The molecule has 0 saturated carbocycles. The van der Waals surface area contributed by atoms with E-state index >= 15 is 0 Å². The predicted octanol–water partition coefficient (Wildman–Crippen LogP) is 1.92. The van der Waals surface area contributed by atoms with Crippen molar-refractivity contribution in [3.63, 3.8) is 0 Å². The molecule has 0 amide bonds. The largest absolute Gasteiger partial charge is 0.369 e. The zero-order valence-electron chi connectivity index (χ0n) is 7.58. The highest BCUT2D eigenvalue weighted by Crippen LogP contribution is 2.34. The van der Waals surface area contributed by atoms with E-state index in [1.807, 2.05) is 11.3 Å². The van der Waals surface area contributed by atoms with Crippen LogP contribution in [0.4, 0.5) is 0 Å². The Bertz CT molecular complexity index is 289. The maximum atomic E-state index is 5.69. The molecule has 0 fully saturated rings. The van der Waals surface area contributed by atoms with Gasteiger partial charge in [-0.2, -0.15) is 0 Å². The van der Waals surface area contributed by atoms with Crippen molar-refractivity contribution in [2.75, 3.05) is 13.2 Å². The molecule has 0 saturated heterocycles. The third-order valence-corrected chi connectivity index (χ3v) is 3.44. The van der Waals surface area contributed by atoms with Gasteiger partial charge in [0.05, 0.1) is 6.61 Å². The molecule has 74 valence electrons. The minimum Gasteiger partial charge on any atom is -0.369 e. The smallest absolute Gasteiger partial charge is 0.104 e. The van der Waals surface area contributed by atoms with Gasteiger partial charge in [-0.15, -0.1) is 23.7 Å². The normalized spacial score (nSPS) is 26.3. The van der Waals surface area contributed by atoms with Gasteiger partial charge in [0.1, 0.15) is 5.60 Å². The lowest BCUT2D eigenvalue weighted by Crippen LogP contribution is -2.38. The van der Waals surface area contributed by atoms with E-state index < -0.39 is 0 Å². The highest BCUT2D eigenvalue weighted by Gasteiger charge is 2.32. The quantitative estimate of drug-likeness (QED) is 0.784. The van der Waals surface area contributed by atoms with Gasteiger partial charge in [0, 0.05) is 17.8 Å². The molecule has 0 radical (unpaired) electrons. The summed E-state index contributed by atoms with van der Waals surface area (Å²) in [6.07, 6.45) is 1.04. The molecule has 13 heavy (non-hydrogen) atoms. The Morgan fingerprint density at radius 1 is 1.69 bits per heavy atom. The van der Waals surface area contributed by atoms with Crippen LogP contribution < -0.4 is 5.73 Å². The third-order valence-electron chi connectivity index (χ3n) is 2.45. The molecule has 1 aliphatic rings. The molecule has 2 nitrogen and oxygen atoms in total. The number of nitrogens with two attached hydrogens (primary N) is 1. The van der Waals surface area contributed by atoms with Crippen LogP contribution in [0, 0.1) is 0 Å². The van der Waals surface area contributed by atoms with Crippen molar-refractivity contribution in [1.29, 1.82) is 0 Å². The second-order valence-corrected chi connectivity index (χ2v) is 4.29. The number of fused-ring (bicyclic) bond motifs is 1. The van der Waals surface area contributed by atoms with Crippen molar-refractivity contribution < 1.29 is 4.74 Å². The first-order chi connectivity index (χ1) is 5.76. The molecule has 1 aromatic heterocycles. The molecule has 1 unspecified atom stereocenters. The van der Waals surface area contributed by atoms with Crippen LogP contribution in [0.25, 0.3) is 0 Å². The second kappa shape index (κ2) is 3.96. The van der Waals surface area contributed by atoms with Gasteiger partial charge in [0.2, 0.25) is 0 Å². The maximum absolute atomic E-state index is 5.69. The summed E-state index contributed by atoms with van der Waals surface area (Å²) >= 11 is 1.81. The Balaban J connectivity index is 0.000000845. The Morgan fingerprint density at radius 3 is 3.15 bits per heavy atom. The zero-order chi connectivity index (χ0) is 8.60. The van der Waals surface area contributed by atoms with Crippen molar-refractivity contribution in [1.82, 2.24) is 0 Å². The number of thiophene rings is 1. The van der Waals surface area contributed by atoms with Gasteiger partial charge in [0.15, 0.2) is 0 Å². The van der Waals surface area contributed by atoms with Gasteiger partial charge >= 0.3 is 0 Å². The van der Waals surface area contributed by atoms with Crippen LogP contribution in [0.3, 0.4) is 0 Å². The average molecular weight is 220 g/mol. The van der Waals surface area contributed by atoms with Crippen LogP contribution in [0.1, 0.15) is 17.4 Å². The third kappa shape index (κ3) is 1.74. The van der Waals surface area contributed by atoms with Crippen molar-refractivity contribution in [3.8, 4) is 0 Å². The standard InChI is InChI=1S/C9H13NOS.ClH/c1-9(6-10)7-3-5-12-8(7)2-4-11-9;/h3,5H,2,4,6,10H2,1H3;1H. The van der Waals surface area contributed by atoms with Gasteiger partial charge in [0.25, 0.3) is 0 Å². The summed E-state index contributed by atoms with van der Waals surface area (Å²) in [5.41, 5.74) is 6.76. The maximum Gasteiger partial charge on any atom is 0.104 e. The Morgan fingerprint density at radius 2 is 2.46 bits per heavy atom. The summed E-state index contributed by atoms with van der Waals surface area (Å²) in [5.74, 6) is 0. The second-order valence-electron chi connectivity index (χ2n) is 3.29. The lowest BCUT2D eigenvalue weighted by atomic mass is 9.93. The van der Waals surface area contributed by atoms with E-state index in [0.717, 1.165) is 13.0 Å². The topological polar surface area (TPSA) is 35.2 Å². The summed E-state index contributed by atoms with van der Waals surface area (Å²) in [7, 11) is 0. The molecule has 2 rings (SSSR count). The highest BCUT2D eigenvalue weighted by atomic mass is 35.5. The monoisotopic (exact) mass is 219 g/mol. The van der Waals surface area contributed by atoms with Gasteiger partial charge in [-0.25, -0.2) is 0 Å². The molecule has 2 heterocycles. The van der Waals surface area contributed by atoms with Gasteiger partial charge < -0.3 is 10.5 Å².